The second-order valence-corrected chi connectivity index (χ2v) is 4.89. The summed E-state index contributed by atoms with van der Waals surface area (Å²) in [5.41, 5.74) is 0. The van der Waals surface area contributed by atoms with E-state index >= 15 is 0 Å². The summed E-state index contributed by atoms with van der Waals surface area (Å²) >= 11 is 3.05. The van der Waals surface area contributed by atoms with E-state index in [1.165, 1.54) is 11.9 Å². The van der Waals surface area contributed by atoms with Gasteiger partial charge in [-0.15, -0.1) is 11.3 Å². The first-order valence-corrected chi connectivity index (χ1v) is 6.80. The Bertz CT molecular complexity index is 304. The maximum absolute atomic E-state index is 10.8. The van der Waals surface area contributed by atoms with Crippen molar-refractivity contribution in [2.45, 2.75) is 6.42 Å². The number of carbonyl (C=O) groups is 1. The highest BCUT2D eigenvalue weighted by atomic mass is 32.2. The van der Waals surface area contributed by atoms with Crippen molar-refractivity contribution in [3.8, 4) is 0 Å². The second-order valence-electron chi connectivity index (χ2n) is 3.12. The Balaban J connectivity index is 2.05. The predicted octanol–water partition coefficient (Wildman–Crippen LogP) is 1.55. The third kappa shape index (κ3) is 4.71. The molecule has 7 heteroatoms. The average Bonchev–Trinajstić information content (AvgIpc) is 2.81. The van der Waals surface area contributed by atoms with Gasteiger partial charge in [-0.1, -0.05) is 0 Å². The van der Waals surface area contributed by atoms with Crippen LogP contribution in [0.5, 0.6) is 0 Å². The molecule has 0 atom stereocenters. The monoisotopic (exact) mass is 260 g/mol. The van der Waals surface area contributed by atoms with Crippen molar-refractivity contribution in [2.75, 3.05) is 31.3 Å². The number of nitrogens with zero attached hydrogens (tertiary/aromatic N) is 2. The molecule has 16 heavy (non-hydrogen) atoms. The third-order valence-corrected chi connectivity index (χ3v) is 3.59. The maximum atomic E-state index is 10.8. The molecule has 1 aromatic heterocycles. The number of carbonyl (C=O) groups excluding carboxylic acids is 1. The van der Waals surface area contributed by atoms with Crippen molar-refractivity contribution in [3.63, 3.8) is 0 Å². The van der Waals surface area contributed by atoms with E-state index in [0.29, 0.717) is 0 Å². The minimum atomic E-state index is -0.154. The van der Waals surface area contributed by atoms with Gasteiger partial charge in [-0.25, -0.2) is 9.78 Å². The highest BCUT2D eigenvalue weighted by Crippen LogP contribution is 2.15. The van der Waals surface area contributed by atoms with E-state index in [-0.39, 0.29) is 6.03 Å². The summed E-state index contributed by atoms with van der Waals surface area (Å²) in [6, 6.07) is -0.154. The van der Waals surface area contributed by atoms with Crippen LogP contribution < -0.4 is 14.9 Å². The summed E-state index contributed by atoms with van der Waals surface area (Å²) in [5.74, 6) is 0.892. The van der Waals surface area contributed by atoms with Gasteiger partial charge in [0.25, 0.3) is 0 Å². The second kappa shape index (κ2) is 7.34. The lowest BCUT2D eigenvalue weighted by Crippen LogP contribution is -2.28. The lowest BCUT2D eigenvalue weighted by molar-refractivity contribution is 0.248. The number of thiazole rings is 1. The van der Waals surface area contributed by atoms with Gasteiger partial charge >= 0.3 is 6.03 Å². The quantitative estimate of drug-likeness (QED) is 0.602. The van der Waals surface area contributed by atoms with Crippen LogP contribution in [-0.4, -0.2) is 37.4 Å². The number of amides is 2. The lowest BCUT2D eigenvalue weighted by atomic mass is 10.4. The fraction of sp³-hybridized carbons (Fsp3) is 0.556. The van der Waals surface area contributed by atoms with E-state index in [4.69, 9.17) is 0 Å². The fourth-order valence-electron chi connectivity index (χ4n) is 1.04. The molecule has 0 aliphatic carbocycles. The lowest BCUT2D eigenvalue weighted by Gasteiger charge is -2.14. The summed E-state index contributed by atoms with van der Waals surface area (Å²) in [6.07, 6.45) is 2.81. The third-order valence-electron chi connectivity index (χ3n) is 1.88. The molecule has 0 aromatic carbocycles. The molecular weight excluding hydrogens is 244 g/mol. The number of anilines is 1. The van der Waals surface area contributed by atoms with E-state index in [0.717, 1.165) is 23.8 Å². The van der Waals surface area contributed by atoms with Crippen LogP contribution in [0.1, 0.15) is 6.42 Å². The van der Waals surface area contributed by atoms with Crippen LogP contribution in [0.15, 0.2) is 11.6 Å². The summed E-state index contributed by atoms with van der Waals surface area (Å²) in [6.45, 7) is 0.940. The Morgan fingerprint density at radius 3 is 3.12 bits per heavy atom. The van der Waals surface area contributed by atoms with Crippen molar-refractivity contribution in [3.05, 3.63) is 11.6 Å². The first kappa shape index (κ1) is 13.1. The standard InChI is InChI=1S/C9H16N4OS2/c1-10-8(14)12-16-6-3-5-13(2)9-11-4-7-15-9/h4,7H,3,5-6H2,1-2H3,(H2,10,12,14). The molecule has 2 N–H and O–H groups in total. The SMILES string of the molecule is CNC(=O)NSCCCN(C)c1nccs1. The minimum absolute atomic E-state index is 0.154. The van der Waals surface area contributed by atoms with Crippen LogP contribution in [0.3, 0.4) is 0 Å². The Morgan fingerprint density at radius 2 is 2.50 bits per heavy atom. The molecule has 0 aliphatic heterocycles. The summed E-state index contributed by atoms with van der Waals surface area (Å²) in [7, 11) is 3.63. The molecule has 5 nitrogen and oxygen atoms in total. The zero-order chi connectivity index (χ0) is 11.8. The van der Waals surface area contributed by atoms with Crippen LogP contribution in [-0.2, 0) is 0 Å². The molecule has 0 aliphatic rings. The van der Waals surface area contributed by atoms with Crippen molar-refractivity contribution in [1.82, 2.24) is 15.0 Å². The molecule has 1 aromatic rings. The molecule has 0 radical (unpaired) electrons. The number of urea groups is 1. The van der Waals surface area contributed by atoms with Crippen LogP contribution in [0.2, 0.25) is 0 Å². The Morgan fingerprint density at radius 1 is 1.69 bits per heavy atom. The molecule has 0 fully saturated rings. The normalized spacial score (nSPS) is 9.88. The highest BCUT2D eigenvalue weighted by molar-refractivity contribution is 7.97. The molecule has 2 amide bonds. The van der Waals surface area contributed by atoms with Crippen LogP contribution in [0, 0.1) is 0 Å². The molecule has 0 bridgehead atoms. The van der Waals surface area contributed by atoms with E-state index in [1.807, 2.05) is 12.4 Å². The zero-order valence-electron chi connectivity index (χ0n) is 9.40. The first-order chi connectivity index (χ1) is 7.74. The number of rotatable bonds is 6. The molecule has 1 rings (SSSR count). The predicted molar refractivity (Wildman–Crippen MR) is 70.1 cm³/mol. The number of hydrogen-bond donors (Lipinski definition) is 2. The Kier molecular flexibility index (Phi) is 6.02. The van der Waals surface area contributed by atoms with Crippen LogP contribution >= 0.6 is 23.3 Å². The highest BCUT2D eigenvalue weighted by Gasteiger charge is 2.02. The molecular formula is C9H16N4OS2. The van der Waals surface area contributed by atoms with Gasteiger partial charge in [-0.2, -0.15) is 0 Å². The van der Waals surface area contributed by atoms with Crippen molar-refractivity contribution >= 4 is 34.4 Å². The van der Waals surface area contributed by atoms with Gasteiger partial charge in [-0.05, 0) is 18.4 Å². The van der Waals surface area contributed by atoms with Crippen molar-refractivity contribution in [2.24, 2.45) is 0 Å². The van der Waals surface area contributed by atoms with E-state index in [1.54, 1.807) is 24.6 Å². The Hall–Kier alpha value is -0.950. The van der Waals surface area contributed by atoms with Gasteiger partial charge in [-0.3, -0.25) is 4.72 Å². The largest absolute Gasteiger partial charge is 0.351 e. The van der Waals surface area contributed by atoms with E-state index in [9.17, 15) is 4.79 Å². The van der Waals surface area contributed by atoms with Crippen LogP contribution in [0.4, 0.5) is 9.93 Å². The fourth-order valence-corrected chi connectivity index (χ4v) is 2.29. The summed E-state index contributed by atoms with van der Waals surface area (Å²) in [4.78, 5) is 17.2. The molecule has 0 spiro atoms. The zero-order valence-corrected chi connectivity index (χ0v) is 11.0. The van der Waals surface area contributed by atoms with Gasteiger partial charge in [0.15, 0.2) is 5.13 Å². The first-order valence-electron chi connectivity index (χ1n) is 4.94. The van der Waals surface area contributed by atoms with Gasteiger partial charge in [0.05, 0.1) is 0 Å². The molecule has 1 heterocycles. The summed E-state index contributed by atoms with van der Waals surface area (Å²) in [5, 5.41) is 5.50. The van der Waals surface area contributed by atoms with Gasteiger partial charge in [0.2, 0.25) is 0 Å². The molecule has 90 valence electrons. The minimum Gasteiger partial charge on any atom is -0.351 e. The van der Waals surface area contributed by atoms with Gasteiger partial charge < -0.3 is 10.2 Å². The molecule has 0 saturated carbocycles. The number of hydrogen-bond acceptors (Lipinski definition) is 5. The van der Waals surface area contributed by atoms with Gasteiger partial charge in [0.1, 0.15) is 0 Å². The van der Waals surface area contributed by atoms with Crippen molar-refractivity contribution < 1.29 is 4.79 Å². The van der Waals surface area contributed by atoms with E-state index in [2.05, 4.69) is 19.9 Å². The van der Waals surface area contributed by atoms with E-state index < -0.39 is 0 Å². The van der Waals surface area contributed by atoms with Crippen LogP contribution in [0.25, 0.3) is 0 Å². The Labute approximate surface area is 104 Å². The molecule has 0 unspecified atom stereocenters. The number of aromatic nitrogens is 1. The maximum Gasteiger partial charge on any atom is 0.324 e. The average molecular weight is 260 g/mol. The number of nitrogens with one attached hydrogen (secondary N) is 2. The summed E-state index contributed by atoms with van der Waals surface area (Å²) < 4.78 is 2.68. The van der Waals surface area contributed by atoms with Crippen molar-refractivity contribution in [1.29, 1.82) is 0 Å². The topological polar surface area (TPSA) is 57.3 Å². The smallest absolute Gasteiger partial charge is 0.324 e. The molecule has 0 saturated heterocycles. The van der Waals surface area contributed by atoms with Gasteiger partial charge in [0, 0.05) is 38.0 Å².